The summed E-state index contributed by atoms with van der Waals surface area (Å²) in [5.74, 6) is 0.390. The second-order valence-electron chi connectivity index (χ2n) is 4.35. The van der Waals surface area contributed by atoms with E-state index < -0.39 is 0 Å². The summed E-state index contributed by atoms with van der Waals surface area (Å²) in [6, 6.07) is 12.1. The fourth-order valence-electron chi connectivity index (χ4n) is 1.68. The number of likely N-dealkylation sites (N-methyl/N-ethyl adjacent to an activating group) is 1. The van der Waals surface area contributed by atoms with E-state index in [4.69, 9.17) is 27.9 Å². The summed E-state index contributed by atoms with van der Waals surface area (Å²) < 4.78 is 5.54. The van der Waals surface area contributed by atoms with Crippen LogP contribution in [0.2, 0.25) is 10.2 Å². The van der Waals surface area contributed by atoms with Crippen molar-refractivity contribution >= 4 is 29.1 Å². The van der Waals surface area contributed by atoms with E-state index >= 15 is 0 Å². The molecule has 0 atom stereocenters. The van der Waals surface area contributed by atoms with Gasteiger partial charge in [-0.25, -0.2) is 4.98 Å². The summed E-state index contributed by atoms with van der Waals surface area (Å²) >= 11 is 11.8. The Kier molecular flexibility index (Phi) is 5.42. The van der Waals surface area contributed by atoms with Gasteiger partial charge in [0.05, 0.1) is 11.6 Å². The number of carbonyl (C=O) groups is 1. The maximum Gasteiger partial charge on any atom is 0.272 e. The van der Waals surface area contributed by atoms with Crippen LogP contribution in [0, 0.1) is 0 Å². The average molecular weight is 325 g/mol. The molecule has 0 radical (unpaired) electrons. The predicted molar refractivity (Wildman–Crippen MR) is 83.2 cm³/mol. The molecule has 6 heteroatoms. The van der Waals surface area contributed by atoms with Gasteiger partial charge in [0.2, 0.25) is 0 Å². The molecule has 0 aliphatic carbocycles. The minimum Gasteiger partial charge on any atom is -0.490 e. The smallest absolute Gasteiger partial charge is 0.272 e. The lowest BCUT2D eigenvalue weighted by molar-refractivity contribution is 0.0768. The van der Waals surface area contributed by atoms with Crippen LogP contribution in [0.5, 0.6) is 5.75 Å². The van der Waals surface area contributed by atoms with Crippen LogP contribution in [0.3, 0.4) is 0 Å². The Morgan fingerprint density at radius 2 is 1.95 bits per heavy atom. The topological polar surface area (TPSA) is 42.4 Å². The second-order valence-corrected chi connectivity index (χ2v) is 5.15. The number of pyridine rings is 1. The summed E-state index contributed by atoms with van der Waals surface area (Å²) in [6.45, 7) is 0.755. The van der Waals surface area contributed by atoms with Crippen molar-refractivity contribution in [3.05, 3.63) is 58.3 Å². The SMILES string of the molecule is CN(CCOc1ccccc1Cl)C(=O)c1cccc(Cl)n1. The molecule has 0 spiro atoms. The number of hydrogen-bond acceptors (Lipinski definition) is 3. The molecule has 21 heavy (non-hydrogen) atoms. The normalized spacial score (nSPS) is 10.2. The zero-order chi connectivity index (χ0) is 15.2. The number of para-hydroxylation sites is 1. The number of hydrogen-bond donors (Lipinski definition) is 0. The van der Waals surface area contributed by atoms with Gasteiger partial charge in [0.15, 0.2) is 0 Å². The van der Waals surface area contributed by atoms with Gasteiger partial charge in [-0.1, -0.05) is 41.4 Å². The van der Waals surface area contributed by atoms with Crippen LogP contribution in [-0.2, 0) is 0 Å². The first-order valence-corrected chi connectivity index (χ1v) is 7.09. The number of halogens is 2. The highest BCUT2D eigenvalue weighted by Crippen LogP contribution is 2.22. The lowest BCUT2D eigenvalue weighted by Gasteiger charge is -2.17. The van der Waals surface area contributed by atoms with Gasteiger partial charge < -0.3 is 9.64 Å². The molecule has 1 aromatic carbocycles. The fraction of sp³-hybridized carbons (Fsp3) is 0.200. The summed E-state index contributed by atoms with van der Waals surface area (Å²) in [7, 11) is 1.68. The van der Waals surface area contributed by atoms with Crippen molar-refractivity contribution in [1.82, 2.24) is 9.88 Å². The van der Waals surface area contributed by atoms with E-state index in [-0.39, 0.29) is 5.91 Å². The summed E-state index contributed by atoms with van der Waals surface area (Å²) in [5, 5.41) is 0.838. The number of amides is 1. The summed E-state index contributed by atoms with van der Waals surface area (Å²) in [4.78, 5) is 17.6. The monoisotopic (exact) mass is 324 g/mol. The molecule has 4 nitrogen and oxygen atoms in total. The third-order valence-electron chi connectivity index (χ3n) is 2.80. The molecular formula is C15H14Cl2N2O2. The van der Waals surface area contributed by atoms with Crippen molar-refractivity contribution in [1.29, 1.82) is 0 Å². The van der Waals surface area contributed by atoms with Gasteiger partial charge >= 0.3 is 0 Å². The highest BCUT2D eigenvalue weighted by Gasteiger charge is 2.13. The van der Waals surface area contributed by atoms with Crippen LogP contribution in [0.1, 0.15) is 10.5 Å². The Hall–Kier alpha value is -1.78. The van der Waals surface area contributed by atoms with E-state index in [1.165, 1.54) is 4.90 Å². The molecule has 2 rings (SSSR count). The minimum absolute atomic E-state index is 0.208. The highest BCUT2D eigenvalue weighted by molar-refractivity contribution is 6.32. The number of carbonyl (C=O) groups excluding carboxylic acids is 1. The molecule has 0 saturated carbocycles. The second kappa shape index (κ2) is 7.29. The molecule has 0 unspecified atom stereocenters. The average Bonchev–Trinajstić information content (AvgIpc) is 2.48. The number of ether oxygens (including phenoxy) is 1. The van der Waals surface area contributed by atoms with Gasteiger partial charge in [0.25, 0.3) is 5.91 Å². The Morgan fingerprint density at radius 3 is 2.67 bits per heavy atom. The van der Waals surface area contributed by atoms with Gasteiger partial charge in [-0.05, 0) is 24.3 Å². The standard InChI is InChI=1S/C15H14Cl2N2O2/c1-19(15(20)12-6-4-8-14(17)18-12)9-10-21-13-7-3-2-5-11(13)16/h2-8H,9-10H2,1H3. The first-order chi connectivity index (χ1) is 10.1. The Bertz CT molecular complexity index is 635. The van der Waals surface area contributed by atoms with Gasteiger partial charge in [-0.2, -0.15) is 0 Å². The van der Waals surface area contributed by atoms with Crippen molar-refractivity contribution < 1.29 is 9.53 Å². The summed E-state index contributed by atoms with van der Waals surface area (Å²) in [6.07, 6.45) is 0. The molecular weight excluding hydrogens is 311 g/mol. The van der Waals surface area contributed by atoms with Crippen LogP contribution in [0.4, 0.5) is 0 Å². The van der Waals surface area contributed by atoms with Gasteiger partial charge in [-0.15, -0.1) is 0 Å². The molecule has 0 aliphatic rings. The number of benzene rings is 1. The summed E-state index contributed by atoms with van der Waals surface area (Å²) in [5.41, 5.74) is 0.308. The molecule has 1 heterocycles. The van der Waals surface area contributed by atoms with Gasteiger partial charge in [0, 0.05) is 7.05 Å². The highest BCUT2D eigenvalue weighted by atomic mass is 35.5. The predicted octanol–water partition coefficient (Wildman–Crippen LogP) is 3.54. The zero-order valence-electron chi connectivity index (χ0n) is 11.4. The molecule has 0 N–H and O–H groups in total. The van der Waals surface area contributed by atoms with Crippen molar-refractivity contribution in [3.8, 4) is 5.75 Å². The van der Waals surface area contributed by atoms with E-state index in [0.717, 1.165) is 0 Å². The molecule has 1 aromatic heterocycles. The molecule has 1 amide bonds. The van der Waals surface area contributed by atoms with Crippen molar-refractivity contribution in [2.75, 3.05) is 20.2 Å². The third-order valence-corrected chi connectivity index (χ3v) is 3.32. The molecule has 0 aliphatic heterocycles. The van der Waals surface area contributed by atoms with Crippen molar-refractivity contribution in [3.63, 3.8) is 0 Å². The van der Waals surface area contributed by atoms with Crippen molar-refractivity contribution in [2.45, 2.75) is 0 Å². The minimum atomic E-state index is -0.208. The third kappa shape index (κ3) is 4.34. The van der Waals surface area contributed by atoms with Crippen LogP contribution in [0.15, 0.2) is 42.5 Å². The maximum atomic E-state index is 12.1. The first-order valence-electron chi connectivity index (χ1n) is 6.33. The molecule has 0 fully saturated rings. The lowest BCUT2D eigenvalue weighted by atomic mass is 10.3. The molecule has 110 valence electrons. The fourth-order valence-corrected chi connectivity index (χ4v) is 2.03. The quantitative estimate of drug-likeness (QED) is 0.790. The number of rotatable bonds is 5. The van der Waals surface area contributed by atoms with Crippen LogP contribution in [-0.4, -0.2) is 36.0 Å². The molecule has 0 bridgehead atoms. The van der Waals surface area contributed by atoms with E-state index in [2.05, 4.69) is 4.98 Å². The Labute approximate surface area is 133 Å². The van der Waals surface area contributed by atoms with Crippen LogP contribution >= 0.6 is 23.2 Å². The Morgan fingerprint density at radius 1 is 1.19 bits per heavy atom. The number of nitrogens with zero attached hydrogens (tertiary/aromatic N) is 2. The largest absolute Gasteiger partial charge is 0.490 e. The first kappa shape index (κ1) is 15.6. The van der Waals surface area contributed by atoms with Gasteiger partial charge in [0.1, 0.15) is 23.2 Å². The van der Waals surface area contributed by atoms with E-state index in [1.54, 1.807) is 37.4 Å². The van der Waals surface area contributed by atoms with Gasteiger partial charge in [-0.3, -0.25) is 4.79 Å². The van der Waals surface area contributed by atoms with Crippen LogP contribution in [0.25, 0.3) is 0 Å². The maximum absolute atomic E-state index is 12.1. The van der Waals surface area contributed by atoms with E-state index in [0.29, 0.717) is 34.8 Å². The molecule has 2 aromatic rings. The molecule has 0 saturated heterocycles. The number of aromatic nitrogens is 1. The van der Waals surface area contributed by atoms with Crippen LogP contribution < -0.4 is 4.74 Å². The Balaban J connectivity index is 1.89. The lowest BCUT2D eigenvalue weighted by Crippen LogP contribution is -2.31. The van der Waals surface area contributed by atoms with E-state index in [1.807, 2.05) is 12.1 Å². The van der Waals surface area contributed by atoms with E-state index in [9.17, 15) is 4.79 Å². The van der Waals surface area contributed by atoms with Crippen molar-refractivity contribution in [2.24, 2.45) is 0 Å². The zero-order valence-corrected chi connectivity index (χ0v) is 12.9.